The summed E-state index contributed by atoms with van der Waals surface area (Å²) in [6.45, 7) is 20.4. The zero-order valence-electron chi connectivity index (χ0n) is 15.3. The van der Waals surface area contributed by atoms with Gasteiger partial charge in [0.2, 0.25) is 0 Å². The van der Waals surface area contributed by atoms with Crippen molar-refractivity contribution in [2.75, 3.05) is 6.61 Å². The molecule has 0 bridgehead atoms. The highest BCUT2D eigenvalue weighted by Gasteiger charge is 2.45. The smallest absolute Gasteiger partial charge is 0.413 e. The van der Waals surface area contributed by atoms with E-state index in [9.17, 15) is 0 Å². The van der Waals surface area contributed by atoms with Gasteiger partial charge in [0, 0.05) is 0 Å². The highest BCUT2D eigenvalue weighted by molar-refractivity contribution is 6.74. The first-order valence-electron chi connectivity index (χ1n) is 8.01. The van der Waals surface area contributed by atoms with Crippen molar-refractivity contribution in [1.29, 1.82) is 0 Å². The lowest BCUT2D eigenvalue weighted by molar-refractivity contribution is 0.0438. The largest absolute Gasteiger partial charge is 0.486 e. The van der Waals surface area contributed by atoms with Crippen molar-refractivity contribution in [1.82, 2.24) is 0 Å². The lowest BCUT2D eigenvalue weighted by Crippen LogP contribution is -2.40. The average molecular weight is 312 g/mol. The van der Waals surface area contributed by atoms with E-state index < -0.39 is 8.32 Å². The van der Waals surface area contributed by atoms with Crippen molar-refractivity contribution in [3.8, 4) is 0 Å². The van der Waals surface area contributed by atoms with Gasteiger partial charge >= 0.3 is 7.12 Å². The highest BCUT2D eigenvalue weighted by atomic mass is 28.4. The average Bonchev–Trinajstić information content (AvgIpc) is 2.58. The third-order valence-corrected chi connectivity index (χ3v) is 9.13. The normalized spacial score (nSPS) is 23.5. The van der Waals surface area contributed by atoms with E-state index in [0.29, 0.717) is 12.5 Å². The Labute approximate surface area is 132 Å². The molecule has 0 N–H and O–H groups in total. The van der Waals surface area contributed by atoms with Crippen molar-refractivity contribution in [2.45, 2.75) is 78.3 Å². The number of hydrogen-bond acceptors (Lipinski definition) is 3. The van der Waals surface area contributed by atoms with Gasteiger partial charge in [-0.1, -0.05) is 46.7 Å². The molecule has 1 fully saturated rings. The predicted octanol–water partition coefficient (Wildman–Crippen LogP) is 4.44. The van der Waals surface area contributed by atoms with E-state index >= 15 is 0 Å². The number of rotatable bonds is 5. The molecular formula is C16H33BO3Si. The van der Waals surface area contributed by atoms with Crippen LogP contribution in [0.15, 0.2) is 12.1 Å². The molecule has 0 aromatic carbocycles. The molecule has 1 saturated heterocycles. The molecule has 5 heteroatoms. The van der Waals surface area contributed by atoms with E-state index in [-0.39, 0.29) is 23.9 Å². The fourth-order valence-electron chi connectivity index (χ4n) is 2.39. The van der Waals surface area contributed by atoms with Gasteiger partial charge in [-0.05, 0) is 37.9 Å². The second kappa shape index (κ2) is 6.57. The summed E-state index contributed by atoms with van der Waals surface area (Å²) in [5.74, 6) is 2.43. The van der Waals surface area contributed by atoms with E-state index in [1.54, 1.807) is 0 Å². The summed E-state index contributed by atoms with van der Waals surface area (Å²) in [6.07, 6.45) is 2.16. The monoisotopic (exact) mass is 312 g/mol. The van der Waals surface area contributed by atoms with Crippen LogP contribution < -0.4 is 0 Å². The van der Waals surface area contributed by atoms with Gasteiger partial charge in [0.1, 0.15) is 0 Å². The van der Waals surface area contributed by atoms with Gasteiger partial charge in [-0.2, -0.15) is 0 Å². The Balaban J connectivity index is 2.50. The summed E-state index contributed by atoms with van der Waals surface area (Å²) >= 11 is 0. The predicted molar refractivity (Wildman–Crippen MR) is 92.9 cm³/mol. The minimum atomic E-state index is -1.67. The molecule has 0 spiro atoms. The fraction of sp³-hybridized carbons (Fsp3) is 0.875. The first kappa shape index (κ1) is 18.9. The van der Waals surface area contributed by atoms with Crippen molar-refractivity contribution < 1.29 is 13.7 Å². The van der Waals surface area contributed by atoms with E-state index in [2.05, 4.69) is 61.6 Å². The van der Waals surface area contributed by atoms with E-state index in [0.717, 1.165) is 0 Å². The Morgan fingerprint density at radius 3 is 2.29 bits per heavy atom. The van der Waals surface area contributed by atoms with Crippen LogP contribution >= 0.6 is 0 Å². The molecule has 1 heterocycles. The van der Waals surface area contributed by atoms with Crippen molar-refractivity contribution in [3.63, 3.8) is 0 Å². The topological polar surface area (TPSA) is 27.7 Å². The second-order valence-electron chi connectivity index (χ2n) is 8.39. The third-order valence-electron chi connectivity index (χ3n) is 4.63. The molecule has 0 radical (unpaired) electrons. The van der Waals surface area contributed by atoms with Gasteiger partial charge in [0.25, 0.3) is 0 Å². The quantitative estimate of drug-likeness (QED) is 0.702. The molecule has 1 rings (SSSR count). The molecule has 0 unspecified atom stereocenters. The molecule has 1 aliphatic heterocycles. The van der Waals surface area contributed by atoms with Crippen LogP contribution in [0.25, 0.3) is 0 Å². The van der Waals surface area contributed by atoms with Crippen molar-refractivity contribution in [3.05, 3.63) is 12.1 Å². The summed E-state index contributed by atoms with van der Waals surface area (Å²) in [4.78, 5) is 0. The molecule has 0 aliphatic carbocycles. The first-order valence-corrected chi connectivity index (χ1v) is 10.9. The summed E-state index contributed by atoms with van der Waals surface area (Å²) in [5, 5.41) is 0.242. The highest BCUT2D eigenvalue weighted by Crippen LogP contribution is 2.36. The molecule has 0 saturated carbocycles. The Morgan fingerprint density at radius 2 is 1.86 bits per heavy atom. The molecule has 21 heavy (non-hydrogen) atoms. The van der Waals surface area contributed by atoms with Gasteiger partial charge in [0.15, 0.2) is 8.32 Å². The maximum Gasteiger partial charge on any atom is 0.486 e. The molecule has 3 nitrogen and oxygen atoms in total. The summed E-state index contributed by atoms with van der Waals surface area (Å²) in [5.41, 5.74) is -0.233. The van der Waals surface area contributed by atoms with Crippen molar-refractivity contribution >= 4 is 15.4 Å². The minimum Gasteiger partial charge on any atom is -0.413 e. The van der Waals surface area contributed by atoms with Gasteiger partial charge < -0.3 is 13.7 Å². The third kappa shape index (κ3) is 4.95. The second-order valence-corrected chi connectivity index (χ2v) is 13.2. The lowest BCUT2D eigenvalue weighted by Gasteiger charge is -2.35. The Kier molecular flexibility index (Phi) is 5.93. The molecule has 0 aromatic heterocycles. The van der Waals surface area contributed by atoms with E-state index in [1.165, 1.54) is 0 Å². The maximum absolute atomic E-state index is 6.12. The lowest BCUT2D eigenvalue weighted by atomic mass is 9.90. The summed E-state index contributed by atoms with van der Waals surface area (Å²) in [6, 6.07) is 0. The van der Waals surface area contributed by atoms with E-state index in [4.69, 9.17) is 13.7 Å². The molecule has 0 amide bonds. The molecule has 1 atom stereocenters. The molecule has 1 aliphatic rings. The Hall–Kier alpha value is -0.0982. The standard InChI is InChI=1S/C16H33BO3Si/c1-13(2)14-16(6,7)20-17(19-14)11-10-12-18-21(8,9)15(3,4)5/h10-11,13-14H,12H2,1-9H3/b11-10+/t14-/m0/s1. The van der Waals surface area contributed by atoms with Crippen LogP contribution in [0.2, 0.25) is 18.1 Å². The Morgan fingerprint density at radius 1 is 1.29 bits per heavy atom. The van der Waals surface area contributed by atoms with Crippen molar-refractivity contribution in [2.24, 2.45) is 5.92 Å². The Bertz CT molecular complexity index is 372. The minimum absolute atomic E-state index is 0.133. The van der Waals surface area contributed by atoms with Crippen LogP contribution in [-0.2, 0) is 13.7 Å². The van der Waals surface area contributed by atoms with Gasteiger partial charge in [-0.3, -0.25) is 0 Å². The van der Waals surface area contributed by atoms with Crippen LogP contribution in [0, 0.1) is 5.92 Å². The fourth-order valence-corrected chi connectivity index (χ4v) is 3.33. The van der Waals surface area contributed by atoms with Crippen LogP contribution in [0.5, 0.6) is 0 Å². The molecule has 0 aromatic rings. The number of hydrogen-bond donors (Lipinski definition) is 0. The zero-order chi connectivity index (χ0) is 16.5. The summed E-state index contributed by atoms with van der Waals surface area (Å²) < 4.78 is 18.1. The van der Waals surface area contributed by atoms with E-state index in [1.807, 2.05) is 12.1 Å². The first-order chi connectivity index (χ1) is 9.37. The van der Waals surface area contributed by atoms with Crippen LogP contribution in [-0.4, -0.2) is 33.7 Å². The van der Waals surface area contributed by atoms with Gasteiger partial charge in [-0.15, -0.1) is 0 Å². The molecular weight excluding hydrogens is 279 g/mol. The SMILES string of the molecule is CC(C)[C@@H]1OB(/C=C/CO[Si](C)(C)C(C)(C)C)OC1(C)C. The maximum atomic E-state index is 6.12. The zero-order valence-corrected chi connectivity index (χ0v) is 16.3. The van der Waals surface area contributed by atoms with Crippen LogP contribution in [0.1, 0.15) is 48.5 Å². The van der Waals surface area contributed by atoms with Crippen LogP contribution in [0.4, 0.5) is 0 Å². The summed E-state index contributed by atoms with van der Waals surface area (Å²) in [7, 11) is -1.93. The molecule has 122 valence electrons. The van der Waals surface area contributed by atoms with Crippen LogP contribution in [0.3, 0.4) is 0 Å². The van der Waals surface area contributed by atoms with Gasteiger partial charge in [0.05, 0.1) is 18.3 Å². The van der Waals surface area contributed by atoms with Gasteiger partial charge in [-0.25, -0.2) is 0 Å².